The number of nitrogens with one attached hydrogen (secondary N) is 2. The Morgan fingerprint density at radius 3 is 2.59 bits per heavy atom. The zero-order valence-corrected chi connectivity index (χ0v) is 14.8. The molecule has 8 nitrogen and oxygen atoms in total. The molecule has 0 spiro atoms. The molecular formula is C18H20FN3O5. The summed E-state index contributed by atoms with van der Waals surface area (Å²) < 4.78 is 17.6. The number of ether oxygens (including phenoxy) is 1. The van der Waals surface area contributed by atoms with E-state index >= 15 is 0 Å². The van der Waals surface area contributed by atoms with Crippen LogP contribution in [0, 0.1) is 11.7 Å². The first-order chi connectivity index (χ1) is 12.8. The molecule has 1 atom stereocenters. The normalized spacial score (nSPS) is 21.8. The first-order valence-corrected chi connectivity index (χ1v) is 8.60. The highest BCUT2D eigenvalue weighted by atomic mass is 19.1. The lowest BCUT2D eigenvalue weighted by Crippen LogP contribution is -2.46. The summed E-state index contributed by atoms with van der Waals surface area (Å²) in [7, 11) is 0. The van der Waals surface area contributed by atoms with E-state index in [0.717, 1.165) is 17.7 Å². The quantitative estimate of drug-likeness (QED) is 0.538. The molecule has 2 aliphatic rings. The molecule has 0 unspecified atom stereocenters. The van der Waals surface area contributed by atoms with E-state index in [-0.39, 0.29) is 18.3 Å². The molecule has 3 rings (SSSR count). The number of nitrogens with zero attached hydrogens (tertiary/aromatic N) is 1. The first-order valence-electron chi connectivity index (χ1n) is 8.60. The number of halogens is 1. The molecule has 27 heavy (non-hydrogen) atoms. The maximum absolute atomic E-state index is 12.8. The Hall–Kier alpha value is -2.97. The minimum absolute atomic E-state index is 0.0900. The third kappa shape index (κ3) is 4.24. The molecule has 1 aromatic carbocycles. The van der Waals surface area contributed by atoms with Crippen molar-refractivity contribution < 1.29 is 28.3 Å². The van der Waals surface area contributed by atoms with E-state index in [0.29, 0.717) is 5.56 Å². The molecule has 1 aromatic rings. The number of rotatable bonds is 7. The molecule has 1 saturated heterocycles. The predicted molar refractivity (Wildman–Crippen MR) is 90.6 cm³/mol. The van der Waals surface area contributed by atoms with Gasteiger partial charge in [-0.15, -0.1) is 0 Å². The van der Waals surface area contributed by atoms with Crippen LogP contribution in [0.15, 0.2) is 24.3 Å². The van der Waals surface area contributed by atoms with E-state index < -0.39 is 42.5 Å². The smallest absolute Gasteiger partial charge is 0.326 e. The van der Waals surface area contributed by atoms with Gasteiger partial charge in [-0.05, 0) is 43.4 Å². The molecule has 9 heteroatoms. The average Bonchev–Trinajstić information content (AvgIpc) is 3.46. The molecule has 1 saturated carbocycles. The molecular weight excluding hydrogens is 357 g/mol. The summed E-state index contributed by atoms with van der Waals surface area (Å²) in [6.45, 7) is 0.727. The van der Waals surface area contributed by atoms with Crippen LogP contribution in [0.2, 0.25) is 0 Å². The minimum Gasteiger partial charge on any atom is -0.454 e. The van der Waals surface area contributed by atoms with Crippen molar-refractivity contribution in [1.82, 2.24) is 15.5 Å². The van der Waals surface area contributed by atoms with Gasteiger partial charge in [0.05, 0.1) is 0 Å². The van der Waals surface area contributed by atoms with Crippen molar-refractivity contribution in [3.05, 3.63) is 35.6 Å². The van der Waals surface area contributed by atoms with Crippen molar-refractivity contribution in [1.29, 1.82) is 0 Å². The van der Waals surface area contributed by atoms with Gasteiger partial charge in [0, 0.05) is 6.54 Å². The lowest BCUT2D eigenvalue weighted by atomic mass is 9.96. The van der Waals surface area contributed by atoms with Crippen LogP contribution in [-0.2, 0) is 25.7 Å². The van der Waals surface area contributed by atoms with Crippen LogP contribution in [0.5, 0.6) is 0 Å². The highest BCUT2D eigenvalue weighted by Crippen LogP contribution is 2.42. The molecule has 0 radical (unpaired) electrons. The molecule has 0 aromatic heterocycles. The molecule has 1 aliphatic carbocycles. The van der Waals surface area contributed by atoms with Crippen LogP contribution in [0.3, 0.4) is 0 Å². The molecule has 2 fully saturated rings. The second-order valence-electron chi connectivity index (χ2n) is 6.86. The van der Waals surface area contributed by atoms with E-state index in [9.17, 15) is 23.6 Å². The van der Waals surface area contributed by atoms with Gasteiger partial charge in [-0.3, -0.25) is 19.3 Å². The van der Waals surface area contributed by atoms with Crippen molar-refractivity contribution in [3.8, 4) is 0 Å². The van der Waals surface area contributed by atoms with Crippen LogP contribution >= 0.6 is 0 Å². The topological polar surface area (TPSA) is 105 Å². The predicted octanol–water partition coefficient (Wildman–Crippen LogP) is 0.706. The summed E-state index contributed by atoms with van der Waals surface area (Å²) in [6, 6.07) is 4.96. The summed E-state index contributed by atoms with van der Waals surface area (Å²) in [6.07, 6.45) is 1.71. The zero-order chi connectivity index (χ0) is 19.6. The third-order valence-electron chi connectivity index (χ3n) is 4.75. The van der Waals surface area contributed by atoms with Gasteiger partial charge in [0.15, 0.2) is 6.61 Å². The van der Waals surface area contributed by atoms with E-state index in [1.165, 1.54) is 24.3 Å². The summed E-state index contributed by atoms with van der Waals surface area (Å²) in [5.41, 5.74) is -0.279. The molecule has 2 N–H and O–H groups in total. The number of carbonyl (C=O) groups is 4. The Morgan fingerprint density at radius 2 is 1.96 bits per heavy atom. The number of hydrogen-bond acceptors (Lipinski definition) is 5. The SMILES string of the molecule is C[C@@]1(C2CC2)NC(=O)N(CC(=O)OCC(=O)NCc2ccc(F)cc2)C1=O. The summed E-state index contributed by atoms with van der Waals surface area (Å²) in [5, 5.41) is 5.15. The highest BCUT2D eigenvalue weighted by Gasteiger charge is 2.56. The van der Waals surface area contributed by atoms with Gasteiger partial charge in [0.2, 0.25) is 0 Å². The Bertz CT molecular complexity index is 778. The summed E-state index contributed by atoms with van der Waals surface area (Å²) >= 11 is 0. The van der Waals surface area contributed by atoms with Crippen LogP contribution in [-0.4, -0.2) is 47.4 Å². The van der Waals surface area contributed by atoms with Gasteiger partial charge in [-0.25, -0.2) is 9.18 Å². The summed E-state index contributed by atoms with van der Waals surface area (Å²) in [4.78, 5) is 48.8. The Labute approximate surface area is 155 Å². The number of amides is 4. The van der Waals surface area contributed by atoms with Gasteiger partial charge in [0.1, 0.15) is 17.9 Å². The van der Waals surface area contributed by atoms with Crippen molar-refractivity contribution in [3.63, 3.8) is 0 Å². The molecule has 4 amide bonds. The number of hydrogen-bond donors (Lipinski definition) is 2. The van der Waals surface area contributed by atoms with Crippen molar-refractivity contribution in [2.45, 2.75) is 31.8 Å². The standard InChI is InChI=1S/C18H20FN3O5/c1-18(12-4-5-12)16(25)22(17(26)21-18)9-15(24)27-10-14(23)20-8-11-2-6-13(19)7-3-11/h2-3,6-7,12H,4-5,8-10H2,1H3,(H,20,23)(H,21,26)/t18-/m0/s1. The Morgan fingerprint density at radius 1 is 1.30 bits per heavy atom. The first kappa shape index (κ1) is 18.8. The molecule has 1 heterocycles. The van der Waals surface area contributed by atoms with Crippen LogP contribution in [0.1, 0.15) is 25.3 Å². The fraction of sp³-hybridized carbons (Fsp3) is 0.444. The van der Waals surface area contributed by atoms with Gasteiger partial charge in [-0.2, -0.15) is 0 Å². The largest absolute Gasteiger partial charge is 0.454 e. The lowest BCUT2D eigenvalue weighted by Gasteiger charge is -2.20. The average molecular weight is 377 g/mol. The Kier molecular flexibility index (Phi) is 5.11. The van der Waals surface area contributed by atoms with Crippen LogP contribution < -0.4 is 10.6 Å². The maximum Gasteiger partial charge on any atom is 0.326 e. The Balaban J connectivity index is 1.42. The summed E-state index contributed by atoms with van der Waals surface area (Å²) in [5.74, 6) is -2.14. The van der Waals surface area contributed by atoms with Gasteiger partial charge in [0.25, 0.3) is 11.8 Å². The monoisotopic (exact) mass is 377 g/mol. The molecule has 1 aliphatic heterocycles. The van der Waals surface area contributed by atoms with Crippen molar-refractivity contribution in [2.75, 3.05) is 13.2 Å². The van der Waals surface area contributed by atoms with E-state index in [2.05, 4.69) is 10.6 Å². The van der Waals surface area contributed by atoms with Crippen LogP contribution in [0.4, 0.5) is 9.18 Å². The highest BCUT2D eigenvalue weighted by molar-refractivity contribution is 6.08. The van der Waals surface area contributed by atoms with Gasteiger partial charge >= 0.3 is 12.0 Å². The van der Waals surface area contributed by atoms with E-state index in [1.54, 1.807) is 6.92 Å². The fourth-order valence-corrected chi connectivity index (χ4v) is 2.97. The minimum atomic E-state index is -0.968. The van der Waals surface area contributed by atoms with E-state index in [4.69, 9.17) is 4.74 Å². The number of imide groups is 1. The second kappa shape index (κ2) is 7.34. The third-order valence-corrected chi connectivity index (χ3v) is 4.75. The van der Waals surface area contributed by atoms with Crippen LogP contribution in [0.25, 0.3) is 0 Å². The number of carbonyl (C=O) groups excluding carboxylic acids is 4. The van der Waals surface area contributed by atoms with Gasteiger partial charge < -0.3 is 15.4 Å². The van der Waals surface area contributed by atoms with Crippen molar-refractivity contribution >= 4 is 23.8 Å². The zero-order valence-electron chi connectivity index (χ0n) is 14.8. The van der Waals surface area contributed by atoms with Gasteiger partial charge in [-0.1, -0.05) is 12.1 Å². The molecule has 144 valence electrons. The number of benzene rings is 1. The maximum atomic E-state index is 12.8. The lowest BCUT2D eigenvalue weighted by molar-refractivity contribution is -0.151. The van der Waals surface area contributed by atoms with Crippen molar-refractivity contribution in [2.24, 2.45) is 5.92 Å². The van der Waals surface area contributed by atoms with E-state index in [1.807, 2.05) is 0 Å². The second-order valence-corrected chi connectivity index (χ2v) is 6.86. The number of esters is 1. The molecule has 0 bridgehead atoms. The number of urea groups is 1. The fourth-order valence-electron chi connectivity index (χ4n) is 2.97.